The molecule has 0 bridgehead atoms. The van der Waals surface area contributed by atoms with Gasteiger partial charge < -0.3 is 10.6 Å². The van der Waals surface area contributed by atoms with Gasteiger partial charge in [-0.05, 0) is 18.6 Å². The Hall–Kier alpha value is -1.93. The first-order valence-electron chi connectivity index (χ1n) is 6.67. The number of amidine groups is 1. The first kappa shape index (κ1) is 14.0. The predicted molar refractivity (Wildman–Crippen MR) is 77.3 cm³/mol. The van der Waals surface area contributed by atoms with E-state index >= 15 is 0 Å². The number of hydrogen-bond acceptors (Lipinski definition) is 5. The van der Waals surface area contributed by atoms with Crippen molar-refractivity contribution >= 4 is 21.8 Å². The molecule has 0 unspecified atom stereocenters. The number of carbonyl (C=O) groups is 1. The highest BCUT2D eigenvalue weighted by Gasteiger charge is 2.30. The fraction of sp³-hybridized carbons (Fsp3) is 0.385. The molecule has 7 nitrogen and oxygen atoms in total. The lowest BCUT2D eigenvalue weighted by Gasteiger charge is -2.14. The lowest BCUT2D eigenvalue weighted by molar-refractivity contribution is -0.128. The highest BCUT2D eigenvalue weighted by Crippen LogP contribution is 2.22. The summed E-state index contributed by atoms with van der Waals surface area (Å²) in [5.41, 5.74) is 6.26. The van der Waals surface area contributed by atoms with E-state index in [4.69, 9.17) is 5.73 Å². The summed E-state index contributed by atoms with van der Waals surface area (Å²) in [6.45, 7) is 1.08. The number of amides is 1. The van der Waals surface area contributed by atoms with E-state index in [1.807, 2.05) is 0 Å². The van der Waals surface area contributed by atoms with Gasteiger partial charge >= 0.3 is 0 Å². The Kier molecular flexibility index (Phi) is 3.42. The number of carbonyl (C=O) groups excluding carboxylic acids is 1. The van der Waals surface area contributed by atoms with Gasteiger partial charge in [0.15, 0.2) is 0 Å². The van der Waals surface area contributed by atoms with Crippen LogP contribution in [0, 0.1) is 0 Å². The van der Waals surface area contributed by atoms with Crippen molar-refractivity contribution in [3.05, 3.63) is 29.8 Å². The van der Waals surface area contributed by atoms with Crippen molar-refractivity contribution in [3.63, 3.8) is 0 Å². The molecule has 8 heteroatoms. The van der Waals surface area contributed by atoms with Crippen LogP contribution in [0.5, 0.6) is 0 Å². The van der Waals surface area contributed by atoms with Crippen molar-refractivity contribution in [2.45, 2.75) is 17.4 Å². The van der Waals surface area contributed by atoms with Crippen LogP contribution in [0.25, 0.3) is 0 Å². The summed E-state index contributed by atoms with van der Waals surface area (Å²) in [4.78, 5) is 18.0. The van der Waals surface area contributed by atoms with Gasteiger partial charge in [-0.25, -0.2) is 8.42 Å². The maximum atomic E-state index is 12.0. The maximum Gasteiger partial charge on any atom is 0.263 e. The molecule has 112 valence electrons. The normalized spacial score (nSPS) is 24.9. The quantitative estimate of drug-likeness (QED) is 0.752. The van der Waals surface area contributed by atoms with Crippen LogP contribution in [0.2, 0.25) is 0 Å². The molecule has 21 heavy (non-hydrogen) atoms. The van der Waals surface area contributed by atoms with Crippen molar-refractivity contribution in [2.24, 2.45) is 10.7 Å². The summed E-state index contributed by atoms with van der Waals surface area (Å²) in [7, 11) is -3.56. The lowest BCUT2D eigenvalue weighted by Crippen LogP contribution is -2.34. The number of nitrogens with zero attached hydrogens (tertiary/aromatic N) is 2. The minimum absolute atomic E-state index is 0.0207. The maximum absolute atomic E-state index is 12.0. The third kappa shape index (κ3) is 2.64. The van der Waals surface area contributed by atoms with E-state index in [0.29, 0.717) is 18.7 Å². The van der Waals surface area contributed by atoms with Crippen molar-refractivity contribution in [1.29, 1.82) is 0 Å². The number of rotatable bonds is 2. The van der Waals surface area contributed by atoms with Crippen LogP contribution in [-0.2, 0) is 14.8 Å². The Morgan fingerprint density at radius 1 is 1.43 bits per heavy atom. The molecule has 1 saturated heterocycles. The van der Waals surface area contributed by atoms with E-state index in [9.17, 15) is 13.2 Å². The number of nitrogens with two attached hydrogens (primary N) is 1. The Morgan fingerprint density at radius 3 is 2.90 bits per heavy atom. The number of fused-ring (bicyclic) bond motifs is 1. The third-order valence-corrected chi connectivity index (χ3v) is 5.01. The summed E-state index contributed by atoms with van der Waals surface area (Å²) >= 11 is 0. The van der Waals surface area contributed by atoms with Gasteiger partial charge in [0.25, 0.3) is 10.0 Å². The van der Waals surface area contributed by atoms with E-state index in [1.165, 1.54) is 6.07 Å². The smallest absolute Gasteiger partial charge is 0.263 e. The van der Waals surface area contributed by atoms with Gasteiger partial charge in [0.05, 0.1) is 4.90 Å². The molecule has 2 aliphatic rings. The van der Waals surface area contributed by atoms with Gasteiger partial charge in [0.1, 0.15) is 12.4 Å². The fourth-order valence-electron chi connectivity index (χ4n) is 2.51. The minimum Gasteiger partial charge on any atom is -0.339 e. The number of aliphatic imine (C=N–C) groups is 1. The average Bonchev–Trinajstić information content (AvgIpc) is 2.99. The van der Waals surface area contributed by atoms with Crippen LogP contribution in [0.1, 0.15) is 12.0 Å². The highest BCUT2D eigenvalue weighted by atomic mass is 32.2. The zero-order chi connectivity index (χ0) is 15.0. The Labute approximate surface area is 122 Å². The van der Waals surface area contributed by atoms with Crippen LogP contribution in [0.4, 0.5) is 0 Å². The van der Waals surface area contributed by atoms with Crippen molar-refractivity contribution in [1.82, 2.24) is 9.62 Å². The molecule has 3 rings (SSSR count). The highest BCUT2D eigenvalue weighted by molar-refractivity contribution is 7.90. The van der Waals surface area contributed by atoms with Crippen LogP contribution in [0.15, 0.2) is 34.2 Å². The summed E-state index contributed by atoms with van der Waals surface area (Å²) in [5, 5.41) is 0. The number of hydrogen-bond donors (Lipinski definition) is 2. The molecule has 1 atom stereocenters. The van der Waals surface area contributed by atoms with Gasteiger partial charge in [-0.1, -0.05) is 12.1 Å². The zero-order valence-electron chi connectivity index (χ0n) is 11.3. The second-order valence-corrected chi connectivity index (χ2v) is 6.81. The number of likely N-dealkylation sites (tertiary alicyclic amines) is 1. The number of sulfonamides is 1. The molecule has 1 aromatic rings. The van der Waals surface area contributed by atoms with E-state index in [1.54, 1.807) is 23.1 Å². The van der Waals surface area contributed by atoms with Crippen LogP contribution in [0.3, 0.4) is 0 Å². The SMILES string of the molecule is N[C@@H]1CCN(C(=O)CN=C2NS(=O)(=O)c3ccccc32)C1. The molecule has 1 amide bonds. The molecule has 1 fully saturated rings. The average molecular weight is 308 g/mol. The molecule has 3 N–H and O–H groups in total. The second kappa shape index (κ2) is 5.12. The summed E-state index contributed by atoms with van der Waals surface area (Å²) in [5.74, 6) is 0.0847. The molecule has 0 aromatic heterocycles. The molecule has 1 aromatic carbocycles. The lowest BCUT2D eigenvalue weighted by atomic mass is 10.2. The van der Waals surface area contributed by atoms with Gasteiger partial charge in [-0.3, -0.25) is 14.5 Å². The topological polar surface area (TPSA) is 105 Å². The molecular formula is C13H16N4O3S. The van der Waals surface area contributed by atoms with E-state index < -0.39 is 10.0 Å². The van der Waals surface area contributed by atoms with Gasteiger partial charge in [-0.15, -0.1) is 0 Å². The molecule has 0 aliphatic carbocycles. The molecule has 0 saturated carbocycles. The Morgan fingerprint density at radius 2 is 2.19 bits per heavy atom. The van der Waals surface area contributed by atoms with Crippen molar-refractivity contribution in [3.8, 4) is 0 Å². The van der Waals surface area contributed by atoms with Gasteiger partial charge in [0, 0.05) is 24.7 Å². The standard InChI is InChI=1S/C13H16N4O3S/c14-9-5-6-17(8-9)12(18)7-15-13-10-3-1-2-4-11(10)21(19,20)16-13/h1-4,9H,5-8,14H2,(H,15,16)/t9-/m1/s1. The molecule has 0 spiro atoms. The summed E-state index contributed by atoms with van der Waals surface area (Å²) < 4.78 is 26.2. The Balaban J connectivity index is 1.78. The van der Waals surface area contributed by atoms with Gasteiger partial charge in [0.2, 0.25) is 5.91 Å². The molecule has 0 radical (unpaired) electrons. The van der Waals surface area contributed by atoms with Gasteiger partial charge in [-0.2, -0.15) is 0 Å². The number of benzene rings is 1. The zero-order valence-corrected chi connectivity index (χ0v) is 12.1. The molecular weight excluding hydrogens is 292 g/mol. The van der Waals surface area contributed by atoms with Crippen LogP contribution in [-0.4, -0.2) is 50.7 Å². The minimum atomic E-state index is -3.56. The first-order valence-corrected chi connectivity index (χ1v) is 8.16. The largest absolute Gasteiger partial charge is 0.339 e. The molecule has 2 heterocycles. The second-order valence-electron chi connectivity index (χ2n) is 5.16. The van der Waals surface area contributed by atoms with Crippen molar-refractivity contribution in [2.75, 3.05) is 19.6 Å². The van der Waals surface area contributed by atoms with Crippen molar-refractivity contribution < 1.29 is 13.2 Å². The summed E-state index contributed by atoms with van der Waals surface area (Å²) in [6, 6.07) is 6.59. The van der Waals surface area contributed by atoms with E-state index in [2.05, 4.69) is 9.71 Å². The number of nitrogens with one attached hydrogen (secondary N) is 1. The van der Waals surface area contributed by atoms with Crippen LogP contribution >= 0.6 is 0 Å². The summed E-state index contributed by atoms with van der Waals surface area (Å²) in [6.07, 6.45) is 0.789. The molecule has 2 aliphatic heterocycles. The monoisotopic (exact) mass is 308 g/mol. The fourth-order valence-corrected chi connectivity index (χ4v) is 3.76. The van der Waals surface area contributed by atoms with E-state index in [-0.39, 0.29) is 29.2 Å². The predicted octanol–water partition coefficient (Wildman–Crippen LogP) is -0.715. The first-order chi connectivity index (χ1) is 9.97. The van der Waals surface area contributed by atoms with Crippen LogP contribution < -0.4 is 10.5 Å². The Bertz CT molecular complexity index is 714. The van der Waals surface area contributed by atoms with E-state index in [0.717, 1.165) is 6.42 Å². The third-order valence-electron chi connectivity index (χ3n) is 3.61.